The van der Waals surface area contributed by atoms with Crippen LogP contribution in [0.1, 0.15) is 12.8 Å². The van der Waals surface area contributed by atoms with Gasteiger partial charge in [0.15, 0.2) is 5.71 Å². The van der Waals surface area contributed by atoms with Crippen LogP contribution in [0.4, 0.5) is 0 Å². The van der Waals surface area contributed by atoms with Gasteiger partial charge in [0.1, 0.15) is 6.54 Å². The minimum atomic E-state index is 0.620. The molecule has 0 fully saturated rings. The van der Waals surface area contributed by atoms with Gasteiger partial charge in [0.05, 0.1) is 5.92 Å². The molecule has 0 spiro atoms. The van der Waals surface area contributed by atoms with Crippen LogP contribution in [0.3, 0.4) is 0 Å². The molecule has 51 valence electrons. The molecule has 2 aliphatic rings. The van der Waals surface area contributed by atoms with Crippen molar-refractivity contribution < 1.29 is 0 Å². The van der Waals surface area contributed by atoms with Crippen molar-refractivity contribution in [2.45, 2.75) is 12.8 Å². The Morgan fingerprint density at radius 1 is 1.60 bits per heavy atom. The lowest BCUT2D eigenvalue weighted by Crippen LogP contribution is -2.25. The molecule has 0 bridgehead atoms. The van der Waals surface area contributed by atoms with E-state index in [4.69, 9.17) is 0 Å². The number of nitrogens with zero attached hydrogens (tertiary/aromatic N) is 2. The van der Waals surface area contributed by atoms with Crippen LogP contribution in [0.15, 0.2) is 17.1 Å². The fourth-order valence-corrected chi connectivity index (χ4v) is 1.40. The van der Waals surface area contributed by atoms with Crippen LogP contribution in [0.25, 0.3) is 0 Å². The first-order valence-electron chi connectivity index (χ1n) is 3.69. The summed E-state index contributed by atoms with van der Waals surface area (Å²) >= 11 is 0. The standard InChI is InChI=1S/C8H10N2/c1-2-4-8-7(3-1)5-9-6-10-8/h2,4,6-7H,1,3,5H2/q+1. The zero-order valence-electron chi connectivity index (χ0n) is 5.83. The minimum Gasteiger partial charge on any atom is -0.0864 e. The fourth-order valence-electron chi connectivity index (χ4n) is 1.40. The SMILES string of the molecule is C1=CC2=NC=[N+]CC2CC1. The largest absolute Gasteiger partial charge is 0.321 e. The second-order valence-electron chi connectivity index (χ2n) is 2.71. The third kappa shape index (κ3) is 0.897. The van der Waals surface area contributed by atoms with Gasteiger partial charge in [-0.3, -0.25) is 0 Å². The molecule has 10 heavy (non-hydrogen) atoms. The molecule has 2 nitrogen and oxygen atoms in total. The Morgan fingerprint density at radius 3 is 3.50 bits per heavy atom. The minimum absolute atomic E-state index is 0.620. The van der Waals surface area contributed by atoms with Crippen molar-refractivity contribution in [3.63, 3.8) is 0 Å². The zero-order chi connectivity index (χ0) is 6.81. The molecule has 1 radical (unpaired) electrons. The smallest absolute Gasteiger partial charge is 0.0864 e. The van der Waals surface area contributed by atoms with Gasteiger partial charge in [0.2, 0.25) is 0 Å². The molecule has 1 aliphatic heterocycles. The first-order chi connectivity index (χ1) is 4.97. The van der Waals surface area contributed by atoms with E-state index in [0.717, 1.165) is 6.54 Å². The highest BCUT2D eigenvalue weighted by atomic mass is 14.9. The maximum atomic E-state index is 4.19. The van der Waals surface area contributed by atoms with Crippen molar-refractivity contribution >= 4 is 12.1 Å². The molecular weight excluding hydrogens is 124 g/mol. The van der Waals surface area contributed by atoms with Crippen molar-refractivity contribution in [3.05, 3.63) is 12.2 Å². The summed E-state index contributed by atoms with van der Waals surface area (Å²) in [6.45, 7) is 0.948. The summed E-state index contributed by atoms with van der Waals surface area (Å²) < 4.78 is 0. The predicted octanol–water partition coefficient (Wildman–Crippen LogP) is 0.771. The van der Waals surface area contributed by atoms with Crippen molar-refractivity contribution in [2.75, 3.05) is 6.54 Å². The molecule has 0 saturated carbocycles. The van der Waals surface area contributed by atoms with Gasteiger partial charge in [-0.1, -0.05) is 16.1 Å². The van der Waals surface area contributed by atoms with Crippen molar-refractivity contribution in [1.29, 1.82) is 0 Å². The monoisotopic (exact) mass is 134 g/mol. The van der Waals surface area contributed by atoms with Crippen LogP contribution in [0.2, 0.25) is 0 Å². The molecule has 0 saturated heterocycles. The van der Waals surface area contributed by atoms with E-state index in [0.29, 0.717) is 5.92 Å². The molecule has 0 amide bonds. The normalized spacial score (nSPS) is 29.6. The van der Waals surface area contributed by atoms with Crippen LogP contribution in [0, 0.1) is 5.92 Å². The molecule has 2 rings (SSSR count). The molecule has 2 heteroatoms. The van der Waals surface area contributed by atoms with Gasteiger partial charge in [-0.15, -0.1) is 0 Å². The second kappa shape index (κ2) is 2.37. The van der Waals surface area contributed by atoms with Gasteiger partial charge in [-0.2, -0.15) is 0 Å². The molecular formula is C8H10N2+. The van der Waals surface area contributed by atoms with Crippen LogP contribution >= 0.6 is 0 Å². The first-order valence-corrected chi connectivity index (χ1v) is 3.69. The van der Waals surface area contributed by atoms with Gasteiger partial charge >= 0.3 is 6.34 Å². The molecule has 0 aromatic heterocycles. The summed E-state index contributed by atoms with van der Waals surface area (Å²) in [7, 11) is 0. The highest BCUT2D eigenvalue weighted by Crippen LogP contribution is 2.16. The highest BCUT2D eigenvalue weighted by Gasteiger charge is 2.24. The summed E-state index contributed by atoms with van der Waals surface area (Å²) in [5.74, 6) is 0.620. The Morgan fingerprint density at radius 2 is 2.60 bits per heavy atom. The number of aliphatic imine (C=N–C) groups is 2. The van der Waals surface area contributed by atoms with Gasteiger partial charge in [0.25, 0.3) is 0 Å². The van der Waals surface area contributed by atoms with E-state index in [-0.39, 0.29) is 0 Å². The third-order valence-corrected chi connectivity index (χ3v) is 2.00. The lowest BCUT2D eigenvalue weighted by atomic mass is 9.92. The first kappa shape index (κ1) is 5.83. The number of fused-ring (bicyclic) bond motifs is 1. The number of hydrogen-bond donors (Lipinski definition) is 0. The topological polar surface area (TPSA) is 26.5 Å². The average Bonchev–Trinajstić information content (AvgIpc) is 2.05. The average molecular weight is 134 g/mol. The van der Waals surface area contributed by atoms with E-state index in [9.17, 15) is 0 Å². The summed E-state index contributed by atoms with van der Waals surface area (Å²) in [5, 5.41) is 0. The Bertz CT molecular complexity index is 213. The van der Waals surface area contributed by atoms with Crippen molar-refractivity contribution in [3.8, 4) is 0 Å². The summed E-state index contributed by atoms with van der Waals surface area (Å²) in [4.78, 5) is 8.30. The van der Waals surface area contributed by atoms with Crippen molar-refractivity contribution in [2.24, 2.45) is 10.9 Å². The maximum absolute atomic E-state index is 4.19. The van der Waals surface area contributed by atoms with Gasteiger partial charge in [0, 0.05) is 0 Å². The molecule has 1 unspecified atom stereocenters. The number of allylic oxidation sites excluding steroid dienone is 2. The van der Waals surface area contributed by atoms with Crippen LogP contribution in [-0.4, -0.2) is 18.6 Å². The molecule has 1 heterocycles. The van der Waals surface area contributed by atoms with Crippen LogP contribution in [0.5, 0.6) is 0 Å². The summed E-state index contributed by atoms with van der Waals surface area (Å²) in [5.41, 5.74) is 1.22. The quantitative estimate of drug-likeness (QED) is 0.468. The van der Waals surface area contributed by atoms with E-state index in [1.54, 1.807) is 6.34 Å². The zero-order valence-corrected chi connectivity index (χ0v) is 5.83. The van der Waals surface area contributed by atoms with Crippen LogP contribution in [-0.2, 0) is 0 Å². The van der Waals surface area contributed by atoms with E-state index < -0.39 is 0 Å². The molecule has 0 aromatic carbocycles. The lowest BCUT2D eigenvalue weighted by Gasteiger charge is -2.12. The van der Waals surface area contributed by atoms with Crippen molar-refractivity contribution in [1.82, 2.24) is 4.99 Å². The Hall–Kier alpha value is -0.920. The highest BCUT2D eigenvalue weighted by molar-refractivity contribution is 6.02. The van der Waals surface area contributed by atoms with E-state index in [1.807, 2.05) is 0 Å². The Labute approximate surface area is 60.4 Å². The predicted molar refractivity (Wildman–Crippen MR) is 42.4 cm³/mol. The van der Waals surface area contributed by atoms with Crippen LogP contribution < -0.4 is 4.99 Å². The third-order valence-electron chi connectivity index (χ3n) is 2.00. The van der Waals surface area contributed by atoms with E-state index in [1.165, 1.54) is 18.6 Å². The van der Waals surface area contributed by atoms with Gasteiger partial charge in [-0.05, 0) is 18.9 Å². The van der Waals surface area contributed by atoms with Gasteiger partial charge < -0.3 is 0 Å². The maximum Gasteiger partial charge on any atom is 0.321 e. The summed E-state index contributed by atoms with van der Waals surface area (Å²) in [6, 6.07) is 0. The number of rotatable bonds is 0. The Balaban J connectivity index is 2.27. The lowest BCUT2D eigenvalue weighted by molar-refractivity contribution is 0.610. The molecule has 1 atom stereocenters. The number of hydrogen-bond acceptors (Lipinski definition) is 2. The fraction of sp³-hybridized carbons (Fsp3) is 0.500. The summed E-state index contributed by atoms with van der Waals surface area (Å²) in [6.07, 6.45) is 8.40. The van der Waals surface area contributed by atoms with E-state index in [2.05, 4.69) is 22.1 Å². The molecule has 1 aliphatic carbocycles. The second-order valence-corrected chi connectivity index (χ2v) is 2.71. The molecule has 0 aromatic rings. The van der Waals surface area contributed by atoms with Gasteiger partial charge in [-0.25, -0.2) is 0 Å². The van der Waals surface area contributed by atoms with E-state index >= 15 is 0 Å². The molecule has 0 N–H and O–H groups in total. The Kier molecular flexibility index (Phi) is 1.38.